The van der Waals surface area contributed by atoms with Crippen LogP contribution in [0, 0.1) is 5.82 Å². The zero-order valence-electron chi connectivity index (χ0n) is 10.5. The number of anilines is 2. The maximum Gasteiger partial charge on any atom is 0.250 e. The summed E-state index contributed by atoms with van der Waals surface area (Å²) < 4.78 is 19.2. The van der Waals surface area contributed by atoms with Gasteiger partial charge in [-0.1, -0.05) is 0 Å². The number of hydrogen-bond donors (Lipinski definition) is 3. The highest BCUT2D eigenvalue weighted by Crippen LogP contribution is 2.20. The number of benzene rings is 1. The first kappa shape index (κ1) is 13.8. The Balaban J connectivity index is 1.92. The van der Waals surface area contributed by atoms with E-state index >= 15 is 0 Å². The highest BCUT2D eigenvalue weighted by atomic mass is 19.1. The Morgan fingerprint density at radius 2 is 2.37 bits per heavy atom. The molecule has 1 atom stereocenters. The Kier molecular flexibility index (Phi) is 4.70. The monoisotopic (exact) mass is 268 g/mol. The van der Waals surface area contributed by atoms with E-state index in [9.17, 15) is 9.18 Å². The van der Waals surface area contributed by atoms with Crippen LogP contribution < -0.4 is 10.6 Å². The zero-order valence-corrected chi connectivity index (χ0v) is 10.5. The Hall–Kier alpha value is -1.66. The SMILES string of the molecule is O=C(CO)Nc1ccc(NCC2CCCO2)c(F)c1. The third-order valence-electron chi connectivity index (χ3n) is 2.94. The van der Waals surface area contributed by atoms with Crippen molar-refractivity contribution >= 4 is 17.3 Å². The van der Waals surface area contributed by atoms with Crippen molar-refractivity contribution in [3.8, 4) is 0 Å². The fraction of sp³-hybridized carbons (Fsp3) is 0.462. The number of carbonyl (C=O) groups excluding carboxylic acids is 1. The van der Waals surface area contributed by atoms with Gasteiger partial charge in [0, 0.05) is 18.8 Å². The number of rotatable bonds is 5. The van der Waals surface area contributed by atoms with Gasteiger partial charge in [0.25, 0.3) is 0 Å². The van der Waals surface area contributed by atoms with Crippen LogP contribution in [0.25, 0.3) is 0 Å². The summed E-state index contributed by atoms with van der Waals surface area (Å²) in [6, 6.07) is 4.34. The fourth-order valence-electron chi connectivity index (χ4n) is 1.97. The molecule has 5 nitrogen and oxygen atoms in total. The van der Waals surface area contributed by atoms with Crippen molar-refractivity contribution in [2.45, 2.75) is 18.9 Å². The number of nitrogens with one attached hydrogen (secondary N) is 2. The van der Waals surface area contributed by atoms with E-state index < -0.39 is 18.3 Å². The largest absolute Gasteiger partial charge is 0.387 e. The van der Waals surface area contributed by atoms with Gasteiger partial charge in [0.2, 0.25) is 5.91 Å². The van der Waals surface area contributed by atoms with Crippen molar-refractivity contribution in [3.63, 3.8) is 0 Å². The Morgan fingerprint density at radius 3 is 3.00 bits per heavy atom. The second-order valence-electron chi connectivity index (χ2n) is 4.42. The van der Waals surface area contributed by atoms with E-state index in [-0.39, 0.29) is 6.10 Å². The van der Waals surface area contributed by atoms with E-state index in [1.54, 1.807) is 12.1 Å². The molecule has 1 aromatic carbocycles. The van der Waals surface area contributed by atoms with Crippen LogP contribution in [0.1, 0.15) is 12.8 Å². The second kappa shape index (κ2) is 6.49. The van der Waals surface area contributed by atoms with Crippen LogP contribution in [0.2, 0.25) is 0 Å². The van der Waals surface area contributed by atoms with Crippen molar-refractivity contribution in [1.29, 1.82) is 0 Å². The van der Waals surface area contributed by atoms with Gasteiger partial charge in [-0.3, -0.25) is 4.79 Å². The highest BCUT2D eigenvalue weighted by molar-refractivity contribution is 5.91. The number of ether oxygens (including phenoxy) is 1. The van der Waals surface area contributed by atoms with Gasteiger partial charge in [0.05, 0.1) is 11.8 Å². The lowest BCUT2D eigenvalue weighted by Gasteiger charge is -2.13. The van der Waals surface area contributed by atoms with E-state index in [2.05, 4.69) is 10.6 Å². The molecule has 0 bridgehead atoms. The van der Waals surface area contributed by atoms with E-state index in [0.717, 1.165) is 19.4 Å². The maximum atomic E-state index is 13.8. The molecule has 0 spiro atoms. The number of hydrogen-bond acceptors (Lipinski definition) is 4. The van der Waals surface area contributed by atoms with Crippen LogP contribution in [0.3, 0.4) is 0 Å². The molecule has 1 aliphatic heterocycles. The summed E-state index contributed by atoms with van der Waals surface area (Å²) in [7, 11) is 0. The molecule has 0 aliphatic carbocycles. The molecule has 0 radical (unpaired) electrons. The van der Waals surface area contributed by atoms with Gasteiger partial charge in [-0.2, -0.15) is 0 Å². The van der Waals surface area contributed by atoms with Crippen LogP contribution in [-0.2, 0) is 9.53 Å². The smallest absolute Gasteiger partial charge is 0.250 e. The summed E-state index contributed by atoms with van der Waals surface area (Å²) in [4.78, 5) is 11.0. The number of aliphatic hydroxyl groups excluding tert-OH is 1. The molecule has 3 N–H and O–H groups in total. The lowest BCUT2D eigenvalue weighted by Crippen LogP contribution is -2.19. The molecule has 1 heterocycles. The van der Waals surface area contributed by atoms with Gasteiger partial charge in [-0.05, 0) is 31.0 Å². The molecular weight excluding hydrogens is 251 g/mol. The predicted octanol–water partition coefficient (Wildman–Crippen LogP) is 1.35. The van der Waals surface area contributed by atoms with Crippen LogP contribution in [0.5, 0.6) is 0 Å². The lowest BCUT2D eigenvalue weighted by molar-refractivity contribution is -0.118. The third kappa shape index (κ3) is 3.90. The average molecular weight is 268 g/mol. The molecular formula is C13H17FN2O3. The fourth-order valence-corrected chi connectivity index (χ4v) is 1.97. The van der Waals surface area contributed by atoms with Crippen LogP contribution >= 0.6 is 0 Å². The van der Waals surface area contributed by atoms with Crippen molar-refractivity contribution in [2.75, 3.05) is 30.4 Å². The van der Waals surface area contributed by atoms with Gasteiger partial charge < -0.3 is 20.5 Å². The van der Waals surface area contributed by atoms with Gasteiger partial charge >= 0.3 is 0 Å². The minimum Gasteiger partial charge on any atom is -0.387 e. The molecule has 2 rings (SSSR count). The maximum absolute atomic E-state index is 13.8. The first-order chi connectivity index (χ1) is 9.19. The summed E-state index contributed by atoms with van der Waals surface area (Å²) in [6.45, 7) is 0.709. The number of halogens is 1. The quantitative estimate of drug-likeness (QED) is 0.754. The van der Waals surface area contributed by atoms with Crippen molar-refractivity contribution in [2.24, 2.45) is 0 Å². The molecule has 0 aromatic heterocycles. The third-order valence-corrected chi connectivity index (χ3v) is 2.94. The summed E-state index contributed by atoms with van der Waals surface area (Å²) in [5.74, 6) is -1.02. The molecule has 19 heavy (non-hydrogen) atoms. The predicted molar refractivity (Wildman–Crippen MR) is 69.6 cm³/mol. The molecule has 6 heteroatoms. The van der Waals surface area contributed by atoms with E-state index in [0.29, 0.717) is 17.9 Å². The molecule has 0 saturated carbocycles. The molecule has 1 fully saturated rings. The summed E-state index contributed by atoms with van der Waals surface area (Å²) in [5.41, 5.74) is 0.691. The van der Waals surface area contributed by atoms with Crippen LogP contribution in [0.4, 0.5) is 15.8 Å². The van der Waals surface area contributed by atoms with Gasteiger partial charge in [0.15, 0.2) is 0 Å². The summed E-state index contributed by atoms with van der Waals surface area (Å²) in [6.07, 6.45) is 2.16. The zero-order chi connectivity index (χ0) is 13.7. The minimum absolute atomic E-state index is 0.133. The molecule has 1 amide bonds. The van der Waals surface area contributed by atoms with Crippen LogP contribution in [0.15, 0.2) is 18.2 Å². The van der Waals surface area contributed by atoms with Gasteiger partial charge in [0.1, 0.15) is 12.4 Å². The summed E-state index contributed by atoms with van der Waals surface area (Å²) in [5, 5.41) is 14.0. The number of carbonyl (C=O) groups is 1. The van der Waals surface area contributed by atoms with Crippen molar-refractivity contribution in [3.05, 3.63) is 24.0 Å². The topological polar surface area (TPSA) is 70.6 Å². The summed E-state index contributed by atoms with van der Waals surface area (Å²) >= 11 is 0. The molecule has 104 valence electrons. The molecule has 1 unspecified atom stereocenters. The molecule has 1 aromatic rings. The Labute approximate surface area is 110 Å². The normalized spacial score (nSPS) is 18.3. The van der Waals surface area contributed by atoms with Crippen molar-refractivity contribution < 1.29 is 19.0 Å². The highest BCUT2D eigenvalue weighted by Gasteiger charge is 2.15. The van der Waals surface area contributed by atoms with Crippen LogP contribution in [-0.4, -0.2) is 36.9 Å². The Bertz CT molecular complexity index is 448. The average Bonchev–Trinajstić information content (AvgIpc) is 2.91. The second-order valence-corrected chi connectivity index (χ2v) is 4.42. The first-order valence-corrected chi connectivity index (χ1v) is 6.25. The van der Waals surface area contributed by atoms with Gasteiger partial charge in [-0.15, -0.1) is 0 Å². The van der Waals surface area contributed by atoms with Crippen molar-refractivity contribution in [1.82, 2.24) is 0 Å². The molecule has 1 saturated heterocycles. The lowest BCUT2D eigenvalue weighted by atomic mass is 10.2. The standard InChI is InChI=1S/C13H17FN2O3/c14-11-6-9(16-13(18)8-17)3-4-12(11)15-7-10-2-1-5-19-10/h3-4,6,10,15,17H,1-2,5,7-8H2,(H,16,18). The van der Waals surface area contributed by atoms with E-state index in [4.69, 9.17) is 9.84 Å². The number of aliphatic hydroxyl groups is 1. The number of amides is 1. The van der Waals surface area contributed by atoms with E-state index in [1.807, 2.05) is 0 Å². The minimum atomic E-state index is -0.624. The van der Waals surface area contributed by atoms with Gasteiger partial charge in [-0.25, -0.2) is 4.39 Å². The first-order valence-electron chi connectivity index (χ1n) is 6.25. The molecule has 1 aliphatic rings. The Morgan fingerprint density at radius 1 is 1.53 bits per heavy atom. The van der Waals surface area contributed by atoms with E-state index in [1.165, 1.54) is 6.07 Å².